The van der Waals surface area contributed by atoms with Crippen molar-refractivity contribution < 1.29 is 19.1 Å². The molecule has 0 bridgehead atoms. The van der Waals surface area contributed by atoms with Crippen molar-refractivity contribution >= 4 is 45.1 Å². The van der Waals surface area contributed by atoms with Crippen molar-refractivity contribution in [2.45, 2.75) is 20.0 Å². The number of carbonyl (C=O) groups excluding carboxylic acids is 2. The molecule has 7 heteroatoms. The number of methoxy groups -OCH3 is 1. The molecular formula is C18H17BrClNO4. The smallest absolute Gasteiger partial charge is 0.337 e. The average molecular weight is 427 g/mol. The Morgan fingerprint density at radius 3 is 2.56 bits per heavy atom. The highest BCUT2D eigenvalue weighted by Crippen LogP contribution is 2.29. The minimum absolute atomic E-state index is 0.341. The van der Waals surface area contributed by atoms with Crippen molar-refractivity contribution in [1.29, 1.82) is 0 Å². The van der Waals surface area contributed by atoms with E-state index in [2.05, 4.69) is 21.2 Å². The van der Waals surface area contributed by atoms with Gasteiger partial charge in [0.25, 0.3) is 5.91 Å². The van der Waals surface area contributed by atoms with E-state index in [0.717, 1.165) is 5.56 Å². The van der Waals surface area contributed by atoms with Gasteiger partial charge in [0.05, 0.1) is 17.1 Å². The number of ether oxygens (including phenoxy) is 2. The zero-order chi connectivity index (χ0) is 18.6. The normalized spacial score (nSPS) is 11.6. The van der Waals surface area contributed by atoms with Crippen LogP contribution in [0.2, 0.25) is 5.02 Å². The number of benzene rings is 2. The molecule has 0 aliphatic heterocycles. The Hall–Kier alpha value is -2.05. The summed E-state index contributed by atoms with van der Waals surface area (Å²) in [5, 5.41) is 3.33. The Morgan fingerprint density at radius 2 is 1.92 bits per heavy atom. The van der Waals surface area contributed by atoms with Crippen LogP contribution in [-0.4, -0.2) is 25.1 Å². The number of carbonyl (C=O) groups is 2. The maximum Gasteiger partial charge on any atom is 0.337 e. The molecule has 0 spiro atoms. The molecule has 25 heavy (non-hydrogen) atoms. The molecule has 0 saturated heterocycles. The molecule has 2 rings (SSSR count). The number of aryl methyl sites for hydroxylation is 1. The predicted molar refractivity (Wildman–Crippen MR) is 100 cm³/mol. The van der Waals surface area contributed by atoms with E-state index in [-0.39, 0.29) is 5.91 Å². The molecule has 0 fully saturated rings. The topological polar surface area (TPSA) is 64.6 Å². The van der Waals surface area contributed by atoms with E-state index in [1.807, 2.05) is 6.92 Å². The number of halogens is 2. The molecular weight excluding hydrogens is 410 g/mol. The predicted octanol–water partition coefficient (Wildman–Crippen LogP) is 4.60. The summed E-state index contributed by atoms with van der Waals surface area (Å²) in [6, 6.07) is 10.00. The van der Waals surface area contributed by atoms with Gasteiger partial charge in [-0.1, -0.05) is 17.7 Å². The van der Waals surface area contributed by atoms with Gasteiger partial charge in [0, 0.05) is 10.7 Å². The Bertz CT molecular complexity index is 810. The maximum atomic E-state index is 12.4. The summed E-state index contributed by atoms with van der Waals surface area (Å²) in [4.78, 5) is 24.0. The second kappa shape index (κ2) is 8.36. The van der Waals surface area contributed by atoms with Gasteiger partial charge in [-0.05, 0) is 65.7 Å². The summed E-state index contributed by atoms with van der Waals surface area (Å²) in [6.45, 7) is 3.47. The Balaban J connectivity index is 2.12. The molecule has 0 radical (unpaired) electrons. The van der Waals surface area contributed by atoms with Crippen molar-refractivity contribution in [2.75, 3.05) is 12.4 Å². The lowest BCUT2D eigenvalue weighted by molar-refractivity contribution is -0.122. The Labute approximate surface area is 159 Å². The first-order valence-electron chi connectivity index (χ1n) is 7.43. The molecule has 132 valence electrons. The fraction of sp³-hybridized carbons (Fsp3) is 0.222. The van der Waals surface area contributed by atoms with Crippen molar-refractivity contribution in [1.82, 2.24) is 0 Å². The first-order chi connectivity index (χ1) is 11.8. The monoisotopic (exact) mass is 425 g/mol. The molecule has 0 aliphatic carbocycles. The molecule has 1 atom stereocenters. The van der Waals surface area contributed by atoms with Gasteiger partial charge in [0.2, 0.25) is 0 Å². The zero-order valence-corrected chi connectivity index (χ0v) is 16.3. The van der Waals surface area contributed by atoms with E-state index in [4.69, 9.17) is 21.1 Å². The van der Waals surface area contributed by atoms with Crippen LogP contribution in [0.1, 0.15) is 22.8 Å². The van der Waals surface area contributed by atoms with Gasteiger partial charge in [-0.15, -0.1) is 0 Å². The van der Waals surface area contributed by atoms with Gasteiger partial charge >= 0.3 is 5.97 Å². The first-order valence-corrected chi connectivity index (χ1v) is 8.60. The average Bonchev–Trinajstić information content (AvgIpc) is 2.58. The molecule has 2 aromatic carbocycles. The molecule has 0 saturated carbocycles. The third kappa shape index (κ3) is 4.96. The summed E-state index contributed by atoms with van der Waals surface area (Å²) in [6.07, 6.45) is -0.751. The molecule has 0 aromatic heterocycles. The number of hydrogen-bond donors (Lipinski definition) is 1. The Kier molecular flexibility index (Phi) is 6.45. The SMILES string of the molecule is COC(=O)c1ccc(C)c(NC(=O)C(C)Oc2ccc(Cl)cc2Br)c1. The van der Waals surface area contributed by atoms with E-state index in [1.165, 1.54) is 7.11 Å². The van der Waals surface area contributed by atoms with Crippen LogP contribution in [0.4, 0.5) is 5.69 Å². The lowest BCUT2D eigenvalue weighted by atomic mass is 10.1. The number of nitrogens with one attached hydrogen (secondary N) is 1. The minimum Gasteiger partial charge on any atom is -0.480 e. The maximum absolute atomic E-state index is 12.4. The molecule has 1 amide bonds. The van der Waals surface area contributed by atoms with Crippen LogP contribution in [0.15, 0.2) is 40.9 Å². The zero-order valence-electron chi connectivity index (χ0n) is 13.9. The van der Waals surface area contributed by atoms with E-state index in [9.17, 15) is 9.59 Å². The van der Waals surface area contributed by atoms with Crippen LogP contribution in [0.3, 0.4) is 0 Å². The second-order valence-electron chi connectivity index (χ2n) is 5.35. The summed E-state index contributed by atoms with van der Waals surface area (Å²) in [5.41, 5.74) is 1.71. The van der Waals surface area contributed by atoms with Gasteiger partial charge in [0.15, 0.2) is 6.10 Å². The van der Waals surface area contributed by atoms with Crippen molar-refractivity contribution in [3.05, 3.63) is 57.0 Å². The number of anilines is 1. The third-order valence-electron chi connectivity index (χ3n) is 3.48. The fourth-order valence-corrected chi connectivity index (χ4v) is 2.83. The summed E-state index contributed by atoms with van der Waals surface area (Å²) in [7, 11) is 1.31. The summed E-state index contributed by atoms with van der Waals surface area (Å²) in [5.74, 6) is -0.302. The van der Waals surface area contributed by atoms with Crippen molar-refractivity contribution in [3.8, 4) is 5.75 Å². The largest absolute Gasteiger partial charge is 0.480 e. The Morgan fingerprint density at radius 1 is 1.20 bits per heavy atom. The van der Waals surface area contributed by atoms with Crippen LogP contribution >= 0.6 is 27.5 Å². The molecule has 0 aliphatic rings. The van der Waals surface area contributed by atoms with Crippen LogP contribution in [0.25, 0.3) is 0 Å². The number of amides is 1. The third-order valence-corrected chi connectivity index (χ3v) is 4.34. The van der Waals surface area contributed by atoms with E-state index in [1.54, 1.807) is 43.3 Å². The molecule has 1 unspecified atom stereocenters. The van der Waals surface area contributed by atoms with Crippen LogP contribution in [0.5, 0.6) is 5.75 Å². The van der Waals surface area contributed by atoms with Crippen LogP contribution in [0, 0.1) is 6.92 Å². The van der Waals surface area contributed by atoms with Gasteiger partial charge in [0.1, 0.15) is 5.75 Å². The first kappa shape index (κ1) is 19.3. The highest BCUT2D eigenvalue weighted by atomic mass is 79.9. The molecule has 1 N–H and O–H groups in total. The standard InChI is InChI=1S/C18H17BrClNO4/c1-10-4-5-12(18(23)24-3)8-15(10)21-17(22)11(2)25-16-7-6-13(20)9-14(16)19/h4-9,11H,1-3H3,(H,21,22). The fourth-order valence-electron chi connectivity index (χ4n) is 2.05. The molecule has 5 nitrogen and oxygen atoms in total. The summed E-state index contributed by atoms with van der Waals surface area (Å²) >= 11 is 9.23. The van der Waals surface area contributed by atoms with E-state index in [0.29, 0.717) is 26.5 Å². The molecule has 2 aromatic rings. The number of esters is 1. The van der Waals surface area contributed by atoms with Crippen LogP contribution < -0.4 is 10.1 Å². The van der Waals surface area contributed by atoms with Gasteiger partial charge in [-0.2, -0.15) is 0 Å². The van der Waals surface area contributed by atoms with Gasteiger partial charge in [-0.25, -0.2) is 4.79 Å². The number of rotatable bonds is 5. The van der Waals surface area contributed by atoms with E-state index >= 15 is 0 Å². The quantitative estimate of drug-likeness (QED) is 0.710. The molecule has 0 heterocycles. The van der Waals surface area contributed by atoms with Gasteiger partial charge in [-0.3, -0.25) is 4.79 Å². The van der Waals surface area contributed by atoms with E-state index < -0.39 is 12.1 Å². The lowest BCUT2D eigenvalue weighted by Gasteiger charge is -2.17. The van der Waals surface area contributed by atoms with Crippen molar-refractivity contribution in [3.63, 3.8) is 0 Å². The second-order valence-corrected chi connectivity index (χ2v) is 6.64. The highest BCUT2D eigenvalue weighted by molar-refractivity contribution is 9.10. The minimum atomic E-state index is -0.751. The highest BCUT2D eigenvalue weighted by Gasteiger charge is 2.18. The van der Waals surface area contributed by atoms with Crippen molar-refractivity contribution in [2.24, 2.45) is 0 Å². The van der Waals surface area contributed by atoms with Gasteiger partial charge < -0.3 is 14.8 Å². The van der Waals surface area contributed by atoms with Crippen LogP contribution in [-0.2, 0) is 9.53 Å². The lowest BCUT2D eigenvalue weighted by Crippen LogP contribution is -2.30. The summed E-state index contributed by atoms with van der Waals surface area (Å²) < 4.78 is 11.0. The number of hydrogen-bond acceptors (Lipinski definition) is 4.